The van der Waals surface area contributed by atoms with Crippen LogP contribution in [0.1, 0.15) is 71.6 Å². The zero-order valence-corrected chi connectivity index (χ0v) is 27.4. The normalized spacial score (nSPS) is 35.7. The average Bonchev–Trinajstić information content (AvgIpc) is 3.52. The molecule has 4 aliphatic heterocycles. The molecule has 9 heteroatoms. The quantitative estimate of drug-likeness (QED) is 0.233. The van der Waals surface area contributed by atoms with E-state index in [2.05, 4.69) is 48.8 Å². The Balaban J connectivity index is 1.44. The molecule has 7 bridgehead atoms. The molecule has 0 aromatic heterocycles. The van der Waals surface area contributed by atoms with Crippen LogP contribution < -0.4 is 10.6 Å². The van der Waals surface area contributed by atoms with Gasteiger partial charge in [0.25, 0.3) is 0 Å². The molecule has 3 N–H and O–H groups in total. The fourth-order valence-electron chi connectivity index (χ4n) is 9.08. The second-order valence-corrected chi connectivity index (χ2v) is 15.9. The third-order valence-electron chi connectivity index (χ3n) is 10.8. The summed E-state index contributed by atoms with van der Waals surface area (Å²) in [5.74, 6) is 4.58. The van der Waals surface area contributed by atoms with E-state index in [1.54, 1.807) is 0 Å². The molecule has 4 heterocycles. The molecular formula is C35H44N2O5S2. The number of unbranched alkanes of at least 4 members (excludes halogenated alkanes) is 1. The number of allylic oxidation sites excluding steroid dienone is 7. The molecule has 8 aliphatic rings. The molecule has 0 radical (unpaired) electrons. The van der Waals surface area contributed by atoms with Crippen LogP contribution in [0.3, 0.4) is 0 Å². The number of fused-ring (bicyclic) bond motifs is 2. The number of carbonyl (C=O) groups excluding carboxylic acids is 2. The van der Waals surface area contributed by atoms with Crippen molar-refractivity contribution in [2.24, 2.45) is 35.0 Å². The molecule has 4 aliphatic carbocycles. The number of nitrogens with one attached hydrogen (secondary N) is 2. The number of carbonyl (C=O) groups is 2. The van der Waals surface area contributed by atoms with Gasteiger partial charge in [-0.2, -0.15) is 0 Å². The van der Waals surface area contributed by atoms with Gasteiger partial charge in [-0.15, -0.1) is 0 Å². The van der Waals surface area contributed by atoms with E-state index in [-0.39, 0.29) is 42.2 Å². The number of cyclic esters (lactones) is 1. The first-order chi connectivity index (χ1) is 21.5. The first-order valence-corrected chi connectivity index (χ1v) is 19.0. The van der Waals surface area contributed by atoms with Crippen molar-refractivity contribution in [2.75, 3.05) is 24.8 Å². The highest BCUT2D eigenvalue weighted by Gasteiger charge is 2.68. The van der Waals surface area contributed by atoms with Gasteiger partial charge in [-0.3, -0.25) is 0 Å². The van der Waals surface area contributed by atoms with Crippen LogP contribution in [0.5, 0.6) is 0 Å². The lowest BCUT2D eigenvalue weighted by molar-refractivity contribution is -0.135. The summed E-state index contributed by atoms with van der Waals surface area (Å²) in [6.07, 6.45) is 16.4. The minimum Gasteiger partial charge on any atom is -0.427 e. The predicted molar refractivity (Wildman–Crippen MR) is 174 cm³/mol. The second-order valence-electron chi connectivity index (χ2n) is 13.3. The highest BCUT2D eigenvalue weighted by atomic mass is 33.1. The Kier molecular flexibility index (Phi) is 8.57. The van der Waals surface area contributed by atoms with Crippen molar-refractivity contribution < 1.29 is 24.2 Å². The number of ether oxygens (including phenoxy) is 2. The highest BCUT2D eigenvalue weighted by molar-refractivity contribution is 8.76. The molecule has 0 aromatic rings. The number of dihydropyridines is 1. The molecule has 7 nitrogen and oxygen atoms in total. The maximum atomic E-state index is 14.2. The Morgan fingerprint density at radius 2 is 2.02 bits per heavy atom. The molecule has 1 spiro atoms. The molecule has 0 aromatic carbocycles. The molecule has 236 valence electrons. The maximum absolute atomic E-state index is 14.2. The fraction of sp³-hybridized carbons (Fsp3) is 0.600. The van der Waals surface area contributed by atoms with E-state index in [0.717, 1.165) is 97.1 Å². The van der Waals surface area contributed by atoms with Gasteiger partial charge in [0.05, 0.1) is 22.7 Å². The Morgan fingerprint density at radius 3 is 2.86 bits per heavy atom. The maximum Gasteiger partial charge on any atom is 0.340 e. The lowest BCUT2D eigenvalue weighted by atomic mass is 9.43. The monoisotopic (exact) mass is 636 g/mol. The summed E-state index contributed by atoms with van der Waals surface area (Å²) >= 11 is 0. The predicted octanol–water partition coefficient (Wildman–Crippen LogP) is 6.43. The van der Waals surface area contributed by atoms with Crippen LogP contribution in [0.25, 0.3) is 0 Å². The third-order valence-corrected chi connectivity index (χ3v) is 13.2. The van der Waals surface area contributed by atoms with Crippen molar-refractivity contribution in [2.45, 2.75) is 71.6 Å². The molecule has 1 saturated heterocycles. The standard InChI is InChI=1S/C35H44N2O5S2/c1-3-4-7-26-25-10-9-24-23-12-14-35(31(24)30(25)33(39)41-26)27-11-8-20(2)18-43-44-19-37-28-17-21(13-15-36-28)22(6-5-16-38)29(23)32(35)34(40)42-27/h7,11,13,17,20,22-24,31,36-38H,3-6,8-10,12,14-16,18-19H2,1-2H3. The summed E-state index contributed by atoms with van der Waals surface area (Å²) in [4.78, 5) is 28.0. The van der Waals surface area contributed by atoms with Crippen molar-refractivity contribution in [3.05, 3.63) is 69.5 Å². The Morgan fingerprint density at radius 1 is 1.14 bits per heavy atom. The lowest BCUT2D eigenvalue weighted by Crippen LogP contribution is -2.53. The zero-order chi connectivity index (χ0) is 30.4. The van der Waals surface area contributed by atoms with Gasteiger partial charge in [-0.25, -0.2) is 9.59 Å². The van der Waals surface area contributed by atoms with E-state index in [9.17, 15) is 14.7 Å². The van der Waals surface area contributed by atoms with Gasteiger partial charge in [0.1, 0.15) is 11.5 Å². The van der Waals surface area contributed by atoms with Crippen LogP contribution in [0.4, 0.5) is 0 Å². The van der Waals surface area contributed by atoms with Crippen LogP contribution in [0.15, 0.2) is 69.5 Å². The van der Waals surface area contributed by atoms with Crippen LogP contribution in [0.2, 0.25) is 0 Å². The van der Waals surface area contributed by atoms with Gasteiger partial charge in [0.2, 0.25) is 0 Å². The van der Waals surface area contributed by atoms with Crippen LogP contribution in [-0.4, -0.2) is 41.8 Å². The zero-order valence-electron chi connectivity index (χ0n) is 25.8. The first-order valence-electron chi connectivity index (χ1n) is 16.6. The van der Waals surface area contributed by atoms with Gasteiger partial charge in [-0.1, -0.05) is 47.9 Å². The van der Waals surface area contributed by atoms with Crippen LogP contribution in [-0.2, 0) is 19.1 Å². The smallest absolute Gasteiger partial charge is 0.340 e. The van der Waals surface area contributed by atoms with Gasteiger partial charge in [-0.05, 0) is 98.5 Å². The molecule has 44 heavy (non-hydrogen) atoms. The van der Waals surface area contributed by atoms with E-state index in [1.807, 2.05) is 21.6 Å². The van der Waals surface area contributed by atoms with E-state index < -0.39 is 5.41 Å². The molecule has 6 atom stereocenters. The fourth-order valence-corrected chi connectivity index (χ4v) is 11.3. The summed E-state index contributed by atoms with van der Waals surface area (Å²) in [6.45, 7) is 5.22. The molecule has 8 rings (SSSR count). The number of hydrogen-bond acceptors (Lipinski definition) is 9. The minimum absolute atomic E-state index is 0.00773. The van der Waals surface area contributed by atoms with Gasteiger partial charge in [0, 0.05) is 41.9 Å². The summed E-state index contributed by atoms with van der Waals surface area (Å²) < 4.78 is 12.3. The van der Waals surface area contributed by atoms with Crippen LogP contribution >= 0.6 is 21.6 Å². The number of hydrogen-bond donors (Lipinski definition) is 3. The SMILES string of the molecule is CCCC=C1OC(=O)C2=C1CCC1C3CCC4(C5=CCC(C)CSSCNC6=CC(=CCN6)C(CCCO)C3=C4C(=O)O5)C21. The minimum atomic E-state index is -0.652. The molecule has 6 unspecified atom stereocenters. The Hall–Kier alpha value is -2.36. The molecule has 1 saturated carbocycles. The van der Waals surface area contributed by atoms with E-state index in [0.29, 0.717) is 18.9 Å². The van der Waals surface area contributed by atoms with Crippen molar-refractivity contribution in [1.82, 2.24) is 10.6 Å². The summed E-state index contributed by atoms with van der Waals surface area (Å²) in [5.41, 5.74) is 4.44. The highest BCUT2D eigenvalue weighted by Crippen LogP contribution is 2.71. The van der Waals surface area contributed by atoms with Crippen molar-refractivity contribution in [1.29, 1.82) is 0 Å². The average molecular weight is 637 g/mol. The molecule has 0 amide bonds. The number of aliphatic hydroxyl groups is 1. The van der Waals surface area contributed by atoms with E-state index in [4.69, 9.17) is 9.47 Å². The van der Waals surface area contributed by atoms with Crippen molar-refractivity contribution in [3.8, 4) is 0 Å². The summed E-state index contributed by atoms with van der Waals surface area (Å²) in [7, 11) is 3.68. The van der Waals surface area contributed by atoms with Gasteiger partial charge in [0.15, 0.2) is 0 Å². The summed E-state index contributed by atoms with van der Waals surface area (Å²) in [6, 6.07) is 0. The van der Waals surface area contributed by atoms with Crippen LogP contribution in [0, 0.1) is 35.0 Å². The topological polar surface area (TPSA) is 96.9 Å². The first kappa shape index (κ1) is 30.3. The third kappa shape index (κ3) is 4.92. The van der Waals surface area contributed by atoms with E-state index in [1.165, 1.54) is 11.1 Å². The second kappa shape index (κ2) is 12.4. The van der Waals surface area contributed by atoms with Gasteiger partial charge < -0.3 is 25.2 Å². The van der Waals surface area contributed by atoms with E-state index >= 15 is 0 Å². The summed E-state index contributed by atoms with van der Waals surface area (Å²) in [5, 5.41) is 17.0. The lowest BCUT2D eigenvalue weighted by Gasteiger charge is -2.57. The molecule has 2 fully saturated rings. The Labute approximate surface area is 268 Å². The number of aliphatic hydroxyl groups excluding tert-OH is 1. The Bertz CT molecular complexity index is 1420. The van der Waals surface area contributed by atoms with Gasteiger partial charge >= 0.3 is 11.9 Å². The largest absolute Gasteiger partial charge is 0.427 e. The van der Waals surface area contributed by atoms with Crippen molar-refractivity contribution in [3.63, 3.8) is 0 Å². The number of rotatable bonds is 5. The van der Waals surface area contributed by atoms with Crippen molar-refractivity contribution >= 4 is 33.5 Å². The number of esters is 2. The molecular weight excluding hydrogens is 593 g/mol.